The molecule has 6 nitrogen and oxygen atoms in total. The highest BCUT2D eigenvalue weighted by molar-refractivity contribution is 6.40. The van der Waals surface area contributed by atoms with Crippen molar-refractivity contribution in [3.8, 4) is 5.75 Å². The van der Waals surface area contributed by atoms with Crippen LogP contribution in [0.25, 0.3) is 5.57 Å². The van der Waals surface area contributed by atoms with Crippen LogP contribution < -0.4 is 4.90 Å². The molecule has 1 aliphatic carbocycles. The van der Waals surface area contributed by atoms with Gasteiger partial charge in [0.25, 0.3) is 0 Å². The molecule has 2 N–H and O–H groups in total. The summed E-state index contributed by atoms with van der Waals surface area (Å²) in [7, 11) is 0. The summed E-state index contributed by atoms with van der Waals surface area (Å²) < 4.78 is 2.45. The maximum Gasteiger partial charge on any atom is 0.218 e. The molecule has 3 rings (SSSR count). The normalized spacial score (nSPS) is 15.5. The zero-order valence-corrected chi connectivity index (χ0v) is 34.4. The number of carbonyl (C=O) groups is 1. The van der Waals surface area contributed by atoms with Gasteiger partial charge in [-0.05, 0) is 43.9 Å². The molecule has 1 aromatic rings. The first-order valence-electron chi connectivity index (χ1n) is 22.1. The number of hydrogen-bond acceptors (Lipinski definition) is 5. The Kier molecular flexibility index (Phi) is 22.2. The van der Waals surface area contributed by atoms with Gasteiger partial charge in [0.2, 0.25) is 11.5 Å². The predicted octanol–water partition coefficient (Wildman–Crippen LogP) is 12.8. The lowest BCUT2D eigenvalue weighted by atomic mass is 9.81. The van der Waals surface area contributed by atoms with Crippen LogP contribution >= 0.6 is 0 Å². The lowest BCUT2D eigenvalue weighted by Crippen LogP contribution is -2.27. The van der Waals surface area contributed by atoms with Crippen LogP contribution in [-0.4, -0.2) is 58.7 Å². The summed E-state index contributed by atoms with van der Waals surface area (Å²) >= 11 is 0. The van der Waals surface area contributed by atoms with Gasteiger partial charge in [0.05, 0.1) is 23.1 Å². The largest absolute Gasteiger partial charge is 0.507 e. The number of anilines is 1. The van der Waals surface area contributed by atoms with Gasteiger partial charge in [-0.25, -0.2) is 9.57 Å². The second kappa shape index (κ2) is 26.6. The van der Waals surface area contributed by atoms with E-state index >= 15 is 0 Å². The number of Topliss-reactive ketones (excluding diaryl/α,β-unsaturated/α-hetero) is 1. The average molecular weight is 731 g/mol. The van der Waals surface area contributed by atoms with Crippen LogP contribution in [0.1, 0.15) is 187 Å². The molecule has 0 saturated carbocycles. The molecule has 296 valence electrons. The maximum atomic E-state index is 13.5. The van der Waals surface area contributed by atoms with E-state index in [1.165, 1.54) is 141 Å². The summed E-state index contributed by atoms with van der Waals surface area (Å²) in [6.45, 7) is 13.0. The van der Waals surface area contributed by atoms with Gasteiger partial charge in [0.15, 0.2) is 0 Å². The molecular formula is C47H76N3O3+. The summed E-state index contributed by atoms with van der Waals surface area (Å²) in [6, 6.07) is 5.59. The lowest BCUT2D eigenvalue weighted by molar-refractivity contribution is -0.526. The minimum Gasteiger partial charge on any atom is -0.507 e. The first-order chi connectivity index (χ1) is 26.0. The summed E-state index contributed by atoms with van der Waals surface area (Å²) in [4.78, 5) is 20.6. The molecule has 53 heavy (non-hydrogen) atoms. The van der Waals surface area contributed by atoms with E-state index in [9.17, 15) is 15.0 Å². The molecule has 2 aliphatic rings. The fourth-order valence-electron chi connectivity index (χ4n) is 7.61. The van der Waals surface area contributed by atoms with Crippen molar-refractivity contribution in [2.24, 2.45) is 4.99 Å². The number of phenols is 1. The lowest BCUT2D eigenvalue weighted by Gasteiger charge is -2.27. The van der Waals surface area contributed by atoms with Crippen molar-refractivity contribution in [1.29, 1.82) is 0 Å². The Balaban J connectivity index is 1.72. The molecule has 0 spiro atoms. The zero-order valence-electron chi connectivity index (χ0n) is 34.4. The number of carbonyl (C=O) groups excluding carboxylic acids is 1. The number of aliphatic hydroxyl groups is 1. The highest BCUT2D eigenvalue weighted by atomic mass is 16.3. The van der Waals surface area contributed by atoms with Crippen molar-refractivity contribution in [3.05, 3.63) is 52.9 Å². The number of hydrogen-bond donors (Lipinski definition) is 2. The minimum absolute atomic E-state index is 0.0377. The summed E-state index contributed by atoms with van der Waals surface area (Å²) in [5, 5.41) is 22.4. The Labute approximate surface area is 324 Å². The molecule has 0 amide bonds. The molecule has 0 atom stereocenters. The number of benzene rings is 1. The van der Waals surface area contributed by atoms with Crippen molar-refractivity contribution < 1.29 is 19.6 Å². The molecule has 0 radical (unpaired) electrons. The third kappa shape index (κ3) is 15.3. The molecule has 6 heteroatoms. The Bertz CT molecular complexity index is 1330. The third-order valence-corrected chi connectivity index (χ3v) is 11.0. The van der Waals surface area contributed by atoms with E-state index in [0.29, 0.717) is 11.3 Å². The maximum absolute atomic E-state index is 13.5. The van der Waals surface area contributed by atoms with Gasteiger partial charge in [-0.15, -0.1) is 0 Å². The minimum atomic E-state index is -0.266. The van der Waals surface area contributed by atoms with Crippen molar-refractivity contribution in [1.82, 2.24) is 0 Å². The highest BCUT2D eigenvalue weighted by Crippen LogP contribution is 2.42. The van der Waals surface area contributed by atoms with Crippen LogP contribution in [0.15, 0.2) is 52.4 Å². The fourth-order valence-corrected chi connectivity index (χ4v) is 7.61. The Morgan fingerprint density at radius 3 is 1.49 bits per heavy atom. The number of aromatic hydroxyl groups is 1. The molecular weight excluding hydrogens is 655 g/mol. The number of nitrogens with zero attached hydrogens (tertiary/aromatic N) is 3. The fraction of sp³-hybridized carbons (Fsp3) is 0.681. The molecule has 0 bridgehead atoms. The number of ketones is 1. The van der Waals surface area contributed by atoms with Gasteiger partial charge >= 0.3 is 0 Å². The van der Waals surface area contributed by atoms with Crippen LogP contribution in [-0.2, 0) is 4.79 Å². The van der Waals surface area contributed by atoms with Gasteiger partial charge in [-0.2, -0.15) is 0 Å². The molecule has 1 aromatic carbocycles. The van der Waals surface area contributed by atoms with Crippen LogP contribution in [0.3, 0.4) is 0 Å². The molecule has 0 fully saturated rings. The summed E-state index contributed by atoms with van der Waals surface area (Å²) in [5.74, 6) is -0.307. The number of phenolic OH excluding ortho intramolecular Hbond substituents is 1. The summed E-state index contributed by atoms with van der Waals surface area (Å²) in [5.41, 5.74) is 3.35. The van der Waals surface area contributed by atoms with E-state index < -0.39 is 0 Å². The molecule has 0 aromatic heterocycles. The SMILES string of the molecule is CCCCCCCCN(CCCCCCCC)c1ccc(C2=C(O)/C(=C3\C=CC(=[N+](CCCCCCCC)CCCCCCCC)C=N3)C2=O)c(O)c1. The second-order valence-electron chi connectivity index (χ2n) is 15.6. The first-order valence-corrected chi connectivity index (χ1v) is 22.1. The topological polar surface area (TPSA) is 76.1 Å². The zero-order chi connectivity index (χ0) is 38.1. The van der Waals surface area contributed by atoms with E-state index in [1.807, 2.05) is 18.4 Å². The first kappa shape index (κ1) is 44.2. The van der Waals surface area contributed by atoms with E-state index in [1.54, 1.807) is 12.1 Å². The van der Waals surface area contributed by atoms with Crippen molar-refractivity contribution >= 4 is 29.0 Å². The third-order valence-electron chi connectivity index (χ3n) is 11.0. The number of rotatable bonds is 30. The smallest absolute Gasteiger partial charge is 0.218 e. The van der Waals surface area contributed by atoms with Gasteiger partial charge in [0, 0.05) is 49.3 Å². The Morgan fingerprint density at radius 1 is 0.585 bits per heavy atom. The molecule has 0 saturated heterocycles. The standard InChI is InChI=1S/C47H75N3O3/c1-5-9-13-17-21-25-33-49(34-26-22-18-14-10-6-2)39-29-31-41(43(51)37-39)44-46(52)45(47(44)53)42-32-30-40(38-48-42)50(35-27-23-19-15-11-7-3)36-28-24-20-16-12-8-4/h29-32,37-38H,5-28,33-36H2,1-4H3,(H,48,52,53)/p+1. The predicted molar refractivity (Wildman–Crippen MR) is 228 cm³/mol. The van der Waals surface area contributed by atoms with Crippen molar-refractivity contribution in [2.75, 3.05) is 31.1 Å². The number of dihydropyridines is 1. The van der Waals surface area contributed by atoms with Crippen LogP contribution in [0.5, 0.6) is 5.75 Å². The average Bonchev–Trinajstić information content (AvgIpc) is 3.16. The van der Waals surface area contributed by atoms with Crippen LogP contribution in [0, 0.1) is 0 Å². The van der Waals surface area contributed by atoms with E-state index in [0.717, 1.165) is 50.4 Å². The van der Waals surface area contributed by atoms with Gasteiger partial charge in [-0.3, -0.25) is 4.79 Å². The van der Waals surface area contributed by atoms with Gasteiger partial charge in [0.1, 0.15) is 24.6 Å². The Morgan fingerprint density at radius 2 is 1.06 bits per heavy atom. The highest BCUT2D eigenvalue weighted by Gasteiger charge is 2.38. The van der Waals surface area contributed by atoms with Crippen molar-refractivity contribution in [2.45, 2.75) is 182 Å². The van der Waals surface area contributed by atoms with E-state index in [2.05, 4.69) is 48.2 Å². The van der Waals surface area contributed by atoms with E-state index in [-0.39, 0.29) is 28.4 Å². The van der Waals surface area contributed by atoms with Gasteiger partial charge in [-0.1, -0.05) is 143 Å². The number of unbranched alkanes of at least 4 members (excludes halogenated alkanes) is 20. The van der Waals surface area contributed by atoms with Crippen LogP contribution in [0.4, 0.5) is 5.69 Å². The quantitative estimate of drug-likeness (QED) is 0.0469. The molecule has 0 unspecified atom stereocenters. The number of allylic oxidation sites excluding steroid dienone is 4. The Hall–Kier alpha value is -3.15. The monoisotopic (exact) mass is 731 g/mol. The van der Waals surface area contributed by atoms with E-state index in [4.69, 9.17) is 0 Å². The number of aliphatic hydroxyl groups excluding tert-OH is 1. The molecule has 1 heterocycles. The summed E-state index contributed by atoms with van der Waals surface area (Å²) in [6.07, 6.45) is 35.9. The van der Waals surface area contributed by atoms with Crippen LogP contribution in [0.2, 0.25) is 0 Å². The number of aliphatic imine (C=N–C) groups is 1. The van der Waals surface area contributed by atoms with Gasteiger partial charge < -0.3 is 15.1 Å². The van der Waals surface area contributed by atoms with Crippen molar-refractivity contribution in [3.63, 3.8) is 0 Å². The second-order valence-corrected chi connectivity index (χ2v) is 15.6. The molecule has 1 aliphatic heterocycles.